The van der Waals surface area contributed by atoms with Gasteiger partial charge in [-0.25, -0.2) is 14.5 Å². The fourth-order valence-corrected chi connectivity index (χ4v) is 5.75. The first-order valence-electron chi connectivity index (χ1n) is 10.4. The molecule has 0 atom stereocenters. The van der Waals surface area contributed by atoms with Crippen molar-refractivity contribution in [3.05, 3.63) is 58.5 Å². The van der Waals surface area contributed by atoms with Gasteiger partial charge in [0.15, 0.2) is 18.1 Å². The number of aromatic nitrogens is 4. The SMILES string of the molecule is C/C(=N\OCc1nc2c3c4c(sc3ncn2n1)C(C)(C)NC(C)(C)C4)c1ccccc1. The van der Waals surface area contributed by atoms with Gasteiger partial charge in [-0.15, -0.1) is 16.4 Å². The smallest absolute Gasteiger partial charge is 0.192 e. The van der Waals surface area contributed by atoms with Crippen molar-refractivity contribution in [1.29, 1.82) is 0 Å². The monoisotopic (exact) mass is 434 g/mol. The fraction of sp³-hybridized carbons (Fsp3) is 0.391. The van der Waals surface area contributed by atoms with Crippen LogP contribution in [0.5, 0.6) is 0 Å². The molecule has 8 heteroatoms. The molecule has 1 aliphatic heterocycles. The van der Waals surface area contributed by atoms with Gasteiger partial charge < -0.3 is 10.2 Å². The molecule has 0 aliphatic carbocycles. The van der Waals surface area contributed by atoms with Crippen molar-refractivity contribution in [2.24, 2.45) is 5.16 Å². The molecule has 5 rings (SSSR count). The third kappa shape index (κ3) is 3.59. The molecule has 0 fully saturated rings. The standard InChI is InChI=1S/C23H26N6OS/c1-14(15-9-7-6-8-10-15)27-30-12-17-25-20-18-16-11-22(2,3)28-23(4,5)19(16)31-21(18)24-13-29(20)26-17/h6-10,13,28H,11-12H2,1-5H3/b27-14+. The van der Waals surface area contributed by atoms with E-state index in [1.165, 1.54) is 10.4 Å². The van der Waals surface area contributed by atoms with Crippen LogP contribution in [0.4, 0.5) is 0 Å². The predicted octanol–water partition coefficient (Wildman–Crippen LogP) is 4.44. The van der Waals surface area contributed by atoms with Gasteiger partial charge >= 0.3 is 0 Å². The van der Waals surface area contributed by atoms with Crippen molar-refractivity contribution in [1.82, 2.24) is 24.9 Å². The minimum Gasteiger partial charge on any atom is -0.387 e. The zero-order valence-corrected chi connectivity index (χ0v) is 19.2. The maximum absolute atomic E-state index is 5.56. The van der Waals surface area contributed by atoms with Gasteiger partial charge in [-0.3, -0.25) is 0 Å². The molecule has 1 aromatic carbocycles. The van der Waals surface area contributed by atoms with Gasteiger partial charge in [0, 0.05) is 16.0 Å². The van der Waals surface area contributed by atoms with E-state index in [1.807, 2.05) is 37.3 Å². The number of nitrogens with zero attached hydrogens (tertiary/aromatic N) is 5. The van der Waals surface area contributed by atoms with Crippen LogP contribution < -0.4 is 5.32 Å². The Morgan fingerprint density at radius 2 is 2.00 bits per heavy atom. The number of rotatable bonds is 4. The quantitative estimate of drug-likeness (QED) is 0.380. The lowest BCUT2D eigenvalue weighted by Gasteiger charge is -2.42. The number of hydrogen-bond donors (Lipinski definition) is 1. The van der Waals surface area contributed by atoms with Crippen molar-refractivity contribution in [2.45, 2.75) is 58.7 Å². The first-order chi connectivity index (χ1) is 14.7. The lowest BCUT2D eigenvalue weighted by molar-refractivity contribution is 0.125. The summed E-state index contributed by atoms with van der Waals surface area (Å²) in [6.45, 7) is 11.1. The van der Waals surface area contributed by atoms with Crippen LogP contribution in [-0.4, -0.2) is 30.8 Å². The first-order valence-corrected chi connectivity index (χ1v) is 11.2. The first kappa shape index (κ1) is 20.1. The molecule has 1 N–H and O–H groups in total. The van der Waals surface area contributed by atoms with E-state index < -0.39 is 0 Å². The van der Waals surface area contributed by atoms with Crippen LogP contribution in [0.3, 0.4) is 0 Å². The number of fused-ring (bicyclic) bond motifs is 5. The normalized spacial score (nSPS) is 17.8. The lowest BCUT2D eigenvalue weighted by atomic mass is 9.82. The third-order valence-corrected chi connectivity index (χ3v) is 7.06. The number of thiophene rings is 1. The van der Waals surface area contributed by atoms with Gasteiger partial charge in [-0.2, -0.15) is 0 Å². The van der Waals surface area contributed by atoms with Crippen molar-refractivity contribution < 1.29 is 4.84 Å². The summed E-state index contributed by atoms with van der Waals surface area (Å²) in [6.07, 6.45) is 2.66. The summed E-state index contributed by atoms with van der Waals surface area (Å²) in [4.78, 5) is 17.3. The summed E-state index contributed by atoms with van der Waals surface area (Å²) in [7, 11) is 0. The van der Waals surface area contributed by atoms with Crippen LogP contribution in [0, 0.1) is 0 Å². The van der Waals surface area contributed by atoms with Gasteiger partial charge in [-0.1, -0.05) is 35.5 Å². The van der Waals surface area contributed by atoms with E-state index >= 15 is 0 Å². The molecule has 3 aromatic heterocycles. The largest absolute Gasteiger partial charge is 0.387 e. The average Bonchev–Trinajstić information content (AvgIpc) is 3.28. The van der Waals surface area contributed by atoms with Crippen LogP contribution in [-0.2, 0) is 23.4 Å². The molecule has 0 saturated heterocycles. The number of hydrogen-bond acceptors (Lipinski definition) is 7. The predicted molar refractivity (Wildman–Crippen MR) is 124 cm³/mol. The highest BCUT2D eigenvalue weighted by molar-refractivity contribution is 7.19. The van der Waals surface area contributed by atoms with E-state index in [1.54, 1.807) is 22.2 Å². The zero-order valence-electron chi connectivity index (χ0n) is 18.4. The minimum absolute atomic E-state index is 0.00697. The molecule has 7 nitrogen and oxygen atoms in total. The molecule has 0 saturated carbocycles. The van der Waals surface area contributed by atoms with E-state index in [9.17, 15) is 0 Å². The van der Waals surface area contributed by atoms with Gasteiger partial charge in [0.1, 0.15) is 11.2 Å². The number of benzene rings is 1. The Labute approximate surface area is 185 Å². The van der Waals surface area contributed by atoms with Crippen LogP contribution in [0.25, 0.3) is 15.9 Å². The van der Waals surface area contributed by atoms with Crippen molar-refractivity contribution >= 4 is 32.9 Å². The topological polar surface area (TPSA) is 76.7 Å². The van der Waals surface area contributed by atoms with E-state index in [2.05, 4.69) is 48.3 Å². The second-order valence-electron chi connectivity index (χ2n) is 9.26. The molecule has 1 aliphatic rings. The highest BCUT2D eigenvalue weighted by atomic mass is 32.1. The maximum Gasteiger partial charge on any atom is 0.192 e. The van der Waals surface area contributed by atoms with Gasteiger partial charge in [0.2, 0.25) is 0 Å². The molecule has 4 aromatic rings. The number of oxime groups is 1. The second kappa shape index (κ2) is 7.10. The van der Waals surface area contributed by atoms with E-state index in [0.29, 0.717) is 5.82 Å². The average molecular weight is 435 g/mol. The molecule has 160 valence electrons. The Kier molecular flexibility index (Phi) is 4.60. The Bertz CT molecular complexity index is 1300. The van der Waals surface area contributed by atoms with E-state index in [0.717, 1.165) is 33.6 Å². The molecule has 0 amide bonds. The van der Waals surface area contributed by atoms with Gasteiger partial charge in [-0.05, 0) is 52.2 Å². The lowest BCUT2D eigenvalue weighted by Crippen LogP contribution is -2.54. The zero-order chi connectivity index (χ0) is 21.8. The third-order valence-electron chi connectivity index (χ3n) is 5.60. The van der Waals surface area contributed by atoms with Crippen LogP contribution in [0.15, 0.2) is 41.8 Å². The molecule has 0 unspecified atom stereocenters. The van der Waals surface area contributed by atoms with Gasteiger partial charge in [0.25, 0.3) is 0 Å². The highest BCUT2D eigenvalue weighted by Crippen LogP contribution is 2.44. The summed E-state index contributed by atoms with van der Waals surface area (Å²) >= 11 is 1.74. The van der Waals surface area contributed by atoms with Crippen LogP contribution >= 0.6 is 11.3 Å². The van der Waals surface area contributed by atoms with E-state index in [-0.39, 0.29) is 17.7 Å². The van der Waals surface area contributed by atoms with Crippen molar-refractivity contribution in [3.8, 4) is 0 Å². The molecule has 31 heavy (non-hydrogen) atoms. The molecule has 0 bridgehead atoms. The Balaban J connectivity index is 1.49. The highest BCUT2D eigenvalue weighted by Gasteiger charge is 2.39. The summed E-state index contributed by atoms with van der Waals surface area (Å²) in [6, 6.07) is 9.96. The molecular weight excluding hydrogens is 408 g/mol. The minimum atomic E-state index is -0.116. The van der Waals surface area contributed by atoms with E-state index in [4.69, 9.17) is 9.82 Å². The molecular formula is C23H26N6OS. The summed E-state index contributed by atoms with van der Waals surface area (Å²) in [5, 5.41) is 13.7. The maximum atomic E-state index is 5.56. The van der Waals surface area contributed by atoms with Crippen LogP contribution in [0.2, 0.25) is 0 Å². The summed E-state index contributed by atoms with van der Waals surface area (Å²) < 4.78 is 1.75. The Morgan fingerprint density at radius 1 is 1.23 bits per heavy atom. The second-order valence-corrected chi connectivity index (χ2v) is 10.3. The fourth-order valence-electron chi connectivity index (χ4n) is 4.54. The molecule has 0 radical (unpaired) electrons. The van der Waals surface area contributed by atoms with Crippen LogP contribution in [0.1, 0.15) is 56.4 Å². The number of nitrogens with one attached hydrogen (secondary N) is 1. The van der Waals surface area contributed by atoms with Crippen molar-refractivity contribution in [3.63, 3.8) is 0 Å². The molecule has 0 spiro atoms. The Hall–Kier alpha value is -2.84. The summed E-state index contributed by atoms with van der Waals surface area (Å²) in [5.74, 6) is 0.589. The van der Waals surface area contributed by atoms with Gasteiger partial charge in [0.05, 0.1) is 11.1 Å². The summed E-state index contributed by atoms with van der Waals surface area (Å²) in [5.41, 5.74) is 3.88. The van der Waals surface area contributed by atoms with Crippen molar-refractivity contribution in [2.75, 3.05) is 0 Å². The Morgan fingerprint density at radius 3 is 2.77 bits per heavy atom. The molecule has 4 heterocycles.